The van der Waals surface area contributed by atoms with Crippen molar-refractivity contribution in [3.63, 3.8) is 0 Å². The second kappa shape index (κ2) is 8.06. The lowest BCUT2D eigenvalue weighted by atomic mass is 10.0. The molecule has 0 heterocycles. The number of benzene rings is 2. The van der Waals surface area contributed by atoms with Gasteiger partial charge in [0, 0.05) is 18.1 Å². The van der Waals surface area contributed by atoms with Crippen LogP contribution < -0.4 is 4.90 Å². The maximum Gasteiger partial charge on any atom is 0.326 e. The van der Waals surface area contributed by atoms with Gasteiger partial charge in [0.2, 0.25) is 5.91 Å². The third-order valence-corrected chi connectivity index (χ3v) is 3.45. The molecule has 0 unspecified atom stereocenters. The second-order valence-electron chi connectivity index (χ2n) is 5.12. The molecule has 2 aromatic carbocycles. The molecule has 0 N–H and O–H groups in total. The van der Waals surface area contributed by atoms with E-state index >= 15 is 0 Å². The molecule has 0 aromatic heterocycles. The van der Waals surface area contributed by atoms with E-state index in [2.05, 4.69) is 0 Å². The van der Waals surface area contributed by atoms with Crippen LogP contribution in [0.4, 0.5) is 5.69 Å². The zero-order chi connectivity index (χ0) is 17.5. The predicted octanol–water partition coefficient (Wildman–Crippen LogP) is 2.83. The number of hydrogen-bond donors (Lipinski definition) is 0. The maximum absolute atomic E-state index is 12.8. The van der Waals surface area contributed by atoms with Gasteiger partial charge in [-0.05, 0) is 19.1 Å². The largest absolute Gasteiger partial charge is 0.465 e. The number of anilines is 1. The molecular formula is C19H19NO4. The number of ketones is 1. The highest BCUT2D eigenvalue weighted by molar-refractivity contribution is 6.14. The first-order valence-electron chi connectivity index (χ1n) is 7.67. The maximum atomic E-state index is 12.8. The fourth-order valence-corrected chi connectivity index (χ4v) is 2.35. The molecule has 24 heavy (non-hydrogen) atoms. The van der Waals surface area contributed by atoms with Crippen LogP contribution in [0.2, 0.25) is 0 Å². The van der Waals surface area contributed by atoms with E-state index in [9.17, 15) is 14.4 Å². The van der Waals surface area contributed by atoms with Gasteiger partial charge < -0.3 is 9.64 Å². The molecule has 0 radical (unpaired) electrons. The summed E-state index contributed by atoms with van der Waals surface area (Å²) >= 11 is 0. The Labute approximate surface area is 140 Å². The summed E-state index contributed by atoms with van der Waals surface area (Å²) in [6, 6.07) is 15.5. The molecule has 1 amide bonds. The minimum absolute atomic E-state index is 0.207. The normalized spacial score (nSPS) is 10.1. The Bertz CT molecular complexity index is 740. The summed E-state index contributed by atoms with van der Waals surface area (Å²) < 4.78 is 4.91. The second-order valence-corrected chi connectivity index (χ2v) is 5.12. The summed E-state index contributed by atoms with van der Waals surface area (Å²) in [6.45, 7) is 3.04. The van der Waals surface area contributed by atoms with Gasteiger partial charge in [-0.25, -0.2) is 0 Å². The van der Waals surface area contributed by atoms with Crippen LogP contribution in [0.25, 0.3) is 0 Å². The van der Waals surface area contributed by atoms with Crippen molar-refractivity contribution in [2.45, 2.75) is 13.8 Å². The van der Waals surface area contributed by atoms with Crippen molar-refractivity contribution >= 4 is 23.3 Å². The molecule has 5 heteroatoms. The molecular weight excluding hydrogens is 306 g/mol. The summed E-state index contributed by atoms with van der Waals surface area (Å²) in [7, 11) is 0. The molecule has 0 fully saturated rings. The smallest absolute Gasteiger partial charge is 0.326 e. The molecule has 0 aliphatic heterocycles. The summed E-state index contributed by atoms with van der Waals surface area (Å²) in [5.74, 6) is -1.06. The Balaban J connectivity index is 2.40. The van der Waals surface area contributed by atoms with Crippen LogP contribution >= 0.6 is 0 Å². The van der Waals surface area contributed by atoms with Crippen LogP contribution in [0.15, 0.2) is 54.6 Å². The number of carbonyl (C=O) groups excluding carboxylic acids is 3. The molecule has 0 spiro atoms. The lowest BCUT2D eigenvalue weighted by molar-refractivity contribution is -0.142. The molecule has 0 saturated heterocycles. The van der Waals surface area contributed by atoms with Gasteiger partial charge in [0.05, 0.1) is 12.3 Å². The zero-order valence-electron chi connectivity index (χ0n) is 13.7. The molecule has 2 rings (SSSR count). The number of nitrogens with zero attached hydrogens (tertiary/aromatic N) is 1. The number of para-hydroxylation sites is 1. The minimum atomic E-state index is -0.519. The molecule has 0 saturated carbocycles. The summed E-state index contributed by atoms with van der Waals surface area (Å²) in [4.78, 5) is 37.8. The van der Waals surface area contributed by atoms with Crippen LogP contribution in [-0.4, -0.2) is 30.8 Å². The average molecular weight is 325 g/mol. The quantitative estimate of drug-likeness (QED) is 0.605. The predicted molar refractivity (Wildman–Crippen MR) is 91.0 cm³/mol. The first kappa shape index (κ1) is 17.4. The number of rotatable bonds is 6. The van der Waals surface area contributed by atoms with Crippen molar-refractivity contribution in [2.75, 3.05) is 18.1 Å². The highest BCUT2D eigenvalue weighted by atomic mass is 16.5. The van der Waals surface area contributed by atoms with E-state index in [4.69, 9.17) is 4.74 Å². The minimum Gasteiger partial charge on any atom is -0.465 e. The van der Waals surface area contributed by atoms with Gasteiger partial charge in [-0.15, -0.1) is 0 Å². The molecule has 0 aliphatic carbocycles. The van der Waals surface area contributed by atoms with Crippen LogP contribution in [0.5, 0.6) is 0 Å². The first-order valence-corrected chi connectivity index (χ1v) is 7.67. The summed E-state index contributed by atoms with van der Waals surface area (Å²) in [5.41, 5.74) is 1.28. The Morgan fingerprint density at radius 2 is 1.58 bits per heavy atom. The van der Waals surface area contributed by atoms with Crippen LogP contribution in [0.3, 0.4) is 0 Å². The SMILES string of the molecule is CCOC(=O)CN(C(C)=O)c1ccccc1C(=O)c1ccccc1. The van der Waals surface area contributed by atoms with Crippen molar-refractivity contribution in [3.05, 3.63) is 65.7 Å². The van der Waals surface area contributed by atoms with Gasteiger partial charge in [0.1, 0.15) is 6.54 Å². The summed E-state index contributed by atoms with van der Waals surface area (Å²) in [5, 5.41) is 0. The van der Waals surface area contributed by atoms with Gasteiger partial charge >= 0.3 is 5.97 Å². The van der Waals surface area contributed by atoms with E-state index < -0.39 is 5.97 Å². The van der Waals surface area contributed by atoms with Crippen LogP contribution in [0, 0.1) is 0 Å². The molecule has 2 aromatic rings. The van der Waals surface area contributed by atoms with Gasteiger partial charge in [-0.1, -0.05) is 42.5 Å². The Kier molecular flexibility index (Phi) is 5.84. The van der Waals surface area contributed by atoms with Crippen molar-refractivity contribution < 1.29 is 19.1 Å². The molecule has 5 nitrogen and oxygen atoms in total. The Morgan fingerprint density at radius 3 is 2.21 bits per heavy atom. The van der Waals surface area contributed by atoms with Gasteiger partial charge in [-0.3, -0.25) is 14.4 Å². The lowest BCUT2D eigenvalue weighted by Gasteiger charge is -2.22. The fourth-order valence-electron chi connectivity index (χ4n) is 2.35. The van der Waals surface area contributed by atoms with Crippen molar-refractivity contribution in [2.24, 2.45) is 0 Å². The average Bonchev–Trinajstić information content (AvgIpc) is 2.60. The molecule has 0 atom stereocenters. The molecule has 0 bridgehead atoms. The van der Waals surface area contributed by atoms with Crippen LogP contribution in [-0.2, 0) is 14.3 Å². The number of hydrogen-bond acceptors (Lipinski definition) is 4. The number of carbonyl (C=O) groups is 3. The highest BCUT2D eigenvalue weighted by Crippen LogP contribution is 2.23. The van der Waals surface area contributed by atoms with Crippen LogP contribution in [0.1, 0.15) is 29.8 Å². The van der Waals surface area contributed by atoms with Crippen molar-refractivity contribution in [1.82, 2.24) is 0 Å². The fraction of sp³-hybridized carbons (Fsp3) is 0.211. The van der Waals surface area contributed by atoms with Gasteiger partial charge in [0.25, 0.3) is 0 Å². The Hall–Kier alpha value is -2.95. The van der Waals surface area contributed by atoms with Crippen molar-refractivity contribution in [3.8, 4) is 0 Å². The zero-order valence-corrected chi connectivity index (χ0v) is 13.7. The lowest BCUT2D eigenvalue weighted by Crippen LogP contribution is -2.36. The summed E-state index contributed by atoms with van der Waals surface area (Å²) in [6.07, 6.45) is 0. The third-order valence-electron chi connectivity index (χ3n) is 3.45. The van der Waals surface area contributed by atoms with E-state index in [1.54, 1.807) is 55.5 Å². The van der Waals surface area contributed by atoms with E-state index in [1.165, 1.54) is 11.8 Å². The number of ether oxygens (including phenoxy) is 1. The van der Waals surface area contributed by atoms with E-state index in [1.807, 2.05) is 6.07 Å². The standard InChI is InChI=1S/C19H19NO4/c1-3-24-18(22)13-20(14(2)21)17-12-8-7-11-16(17)19(23)15-9-5-4-6-10-15/h4-12H,3,13H2,1-2H3. The van der Waals surface area contributed by atoms with E-state index in [-0.39, 0.29) is 24.8 Å². The number of amides is 1. The monoisotopic (exact) mass is 325 g/mol. The molecule has 124 valence electrons. The highest BCUT2D eigenvalue weighted by Gasteiger charge is 2.22. The van der Waals surface area contributed by atoms with Gasteiger partial charge in [0.15, 0.2) is 5.78 Å². The molecule has 0 aliphatic rings. The first-order chi connectivity index (χ1) is 11.5. The third kappa shape index (κ3) is 4.07. The van der Waals surface area contributed by atoms with E-state index in [0.29, 0.717) is 16.8 Å². The Morgan fingerprint density at radius 1 is 0.958 bits per heavy atom. The topological polar surface area (TPSA) is 63.7 Å². The van der Waals surface area contributed by atoms with E-state index in [0.717, 1.165) is 0 Å². The van der Waals surface area contributed by atoms with Gasteiger partial charge in [-0.2, -0.15) is 0 Å². The van der Waals surface area contributed by atoms with Crippen molar-refractivity contribution in [1.29, 1.82) is 0 Å². The number of esters is 1.